The van der Waals surface area contributed by atoms with E-state index in [2.05, 4.69) is 11.6 Å². The number of aromatic nitrogens is 4. The van der Waals surface area contributed by atoms with E-state index < -0.39 is 5.69 Å². The summed E-state index contributed by atoms with van der Waals surface area (Å²) in [5.41, 5.74) is 0.0173. The molecule has 0 spiro atoms. The maximum atomic E-state index is 12.2. The van der Waals surface area contributed by atoms with Gasteiger partial charge in [0.15, 0.2) is 11.2 Å². The van der Waals surface area contributed by atoms with Crippen molar-refractivity contribution in [3.63, 3.8) is 0 Å². The van der Waals surface area contributed by atoms with Crippen LogP contribution in [-0.2, 0) is 25.4 Å². The molecule has 2 aromatic rings. The van der Waals surface area contributed by atoms with Gasteiger partial charge in [0.2, 0.25) is 0 Å². The van der Waals surface area contributed by atoms with Crippen LogP contribution in [0.25, 0.3) is 11.2 Å². The number of imidazole rings is 1. The van der Waals surface area contributed by atoms with E-state index in [4.69, 9.17) is 4.74 Å². The molecule has 96 valence electrons. The van der Waals surface area contributed by atoms with E-state index in [0.29, 0.717) is 11.2 Å². The Morgan fingerprint density at radius 2 is 2.17 bits per heavy atom. The highest BCUT2D eigenvalue weighted by Gasteiger charge is 2.14. The second-order valence-corrected chi connectivity index (χ2v) is 3.86. The minimum Gasteiger partial charge on any atom is -0.500 e. The number of nitrogens with zero attached hydrogens (tertiary/aromatic N) is 4. The summed E-state index contributed by atoms with van der Waals surface area (Å²) in [6.07, 6.45) is 2.79. The zero-order valence-electron chi connectivity index (χ0n) is 10.3. The lowest BCUT2D eigenvalue weighted by Crippen LogP contribution is -2.40. The van der Waals surface area contributed by atoms with Crippen LogP contribution >= 0.6 is 0 Å². The number of hydrogen-bond donors (Lipinski definition) is 0. The summed E-state index contributed by atoms with van der Waals surface area (Å²) in [5.74, 6) is 0. The Hall–Kier alpha value is -2.31. The molecule has 0 saturated heterocycles. The molecular weight excluding hydrogens is 236 g/mol. The van der Waals surface area contributed by atoms with Crippen LogP contribution in [0.2, 0.25) is 0 Å². The third-order valence-electron chi connectivity index (χ3n) is 2.75. The van der Waals surface area contributed by atoms with Crippen molar-refractivity contribution in [1.29, 1.82) is 0 Å². The van der Waals surface area contributed by atoms with Gasteiger partial charge in [-0.05, 0) is 0 Å². The highest BCUT2D eigenvalue weighted by molar-refractivity contribution is 5.69. The molecule has 0 fully saturated rings. The van der Waals surface area contributed by atoms with E-state index in [0.717, 1.165) is 4.57 Å². The molecule has 0 aromatic carbocycles. The lowest BCUT2D eigenvalue weighted by molar-refractivity contribution is 0.232. The summed E-state index contributed by atoms with van der Waals surface area (Å²) in [5, 5.41) is 0. The van der Waals surface area contributed by atoms with E-state index >= 15 is 0 Å². The molecule has 0 atom stereocenters. The zero-order valence-corrected chi connectivity index (χ0v) is 10.3. The number of aryl methyl sites for hydroxylation is 2. The summed E-state index contributed by atoms with van der Waals surface area (Å²) < 4.78 is 9.03. The molecule has 0 saturated carbocycles. The molecule has 0 bridgehead atoms. The Morgan fingerprint density at radius 3 is 2.83 bits per heavy atom. The quantitative estimate of drug-likeness (QED) is 0.546. The maximum Gasteiger partial charge on any atom is 0.332 e. The van der Waals surface area contributed by atoms with Crippen LogP contribution in [0.5, 0.6) is 0 Å². The Bertz CT molecular complexity index is 707. The van der Waals surface area contributed by atoms with Gasteiger partial charge in [0, 0.05) is 14.1 Å². The van der Waals surface area contributed by atoms with Crippen molar-refractivity contribution in [1.82, 2.24) is 18.7 Å². The lowest BCUT2D eigenvalue weighted by atomic mass is 10.5. The van der Waals surface area contributed by atoms with Gasteiger partial charge in [0.05, 0.1) is 19.1 Å². The van der Waals surface area contributed by atoms with Gasteiger partial charge >= 0.3 is 5.69 Å². The average Bonchev–Trinajstić information content (AvgIpc) is 2.73. The Labute approximate surface area is 103 Å². The minimum absolute atomic E-state index is 0.179. The highest BCUT2D eigenvalue weighted by atomic mass is 16.5. The molecule has 0 amide bonds. The smallest absolute Gasteiger partial charge is 0.332 e. The highest BCUT2D eigenvalue weighted by Crippen LogP contribution is 2.02. The van der Waals surface area contributed by atoms with Crippen LogP contribution in [0.15, 0.2) is 28.8 Å². The van der Waals surface area contributed by atoms with Crippen molar-refractivity contribution in [3.05, 3.63) is 40.0 Å². The number of fused-ring (bicyclic) bond motifs is 1. The average molecular weight is 250 g/mol. The second-order valence-electron chi connectivity index (χ2n) is 3.86. The van der Waals surface area contributed by atoms with Crippen LogP contribution in [0.3, 0.4) is 0 Å². The van der Waals surface area contributed by atoms with Crippen molar-refractivity contribution in [2.45, 2.75) is 6.54 Å². The van der Waals surface area contributed by atoms with Crippen LogP contribution in [0.1, 0.15) is 0 Å². The Balaban J connectivity index is 2.66. The van der Waals surface area contributed by atoms with Crippen molar-refractivity contribution < 1.29 is 4.74 Å². The summed E-state index contributed by atoms with van der Waals surface area (Å²) in [7, 11) is 3.30. The molecule has 2 aromatic heterocycles. The van der Waals surface area contributed by atoms with Crippen LogP contribution in [0, 0.1) is 0 Å². The minimum atomic E-state index is -0.404. The van der Waals surface area contributed by atoms with E-state index in [9.17, 15) is 9.59 Å². The lowest BCUT2D eigenvalue weighted by Gasteiger charge is -2.08. The molecule has 7 nitrogen and oxygen atoms in total. The number of rotatable bonds is 4. The summed E-state index contributed by atoms with van der Waals surface area (Å²) >= 11 is 0. The van der Waals surface area contributed by atoms with Crippen LogP contribution < -0.4 is 11.2 Å². The van der Waals surface area contributed by atoms with Gasteiger partial charge in [0.25, 0.3) is 5.56 Å². The van der Waals surface area contributed by atoms with Crippen LogP contribution in [0.4, 0.5) is 0 Å². The van der Waals surface area contributed by atoms with Gasteiger partial charge in [-0.2, -0.15) is 0 Å². The summed E-state index contributed by atoms with van der Waals surface area (Å²) in [4.78, 5) is 28.2. The molecule has 0 radical (unpaired) electrons. The van der Waals surface area contributed by atoms with Gasteiger partial charge < -0.3 is 9.30 Å². The molecule has 0 unspecified atom stereocenters. The van der Waals surface area contributed by atoms with E-state index in [1.165, 1.54) is 17.2 Å². The van der Waals surface area contributed by atoms with Crippen molar-refractivity contribution in [3.8, 4) is 0 Å². The molecule has 2 heterocycles. The maximum absolute atomic E-state index is 12.2. The third-order valence-corrected chi connectivity index (χ3v) is 2.75. The first-order chi connectivity index (χ1) is 8.57. The molecule has 0 aliphatic carbocycles. The first kappa shape index (κ1) is 12.2. The monoisotopic (exact) mass is 250 g/mol. The molecule has 18 heavy (non-hydrogen) atoms. The van der Waals surface area contributed by atoms with E-state index in [-0.39, 0.29) is 18.7 Å². The SMILES string of the molecule is C=COCCn1c(=O)c2c(ncn2C)n(C)c1=O. The molecule has 7 heteroatoms. The predicted octanol–water partition coefficient (Wildman–Crippen LogP) is -0.406. The fraction of sp³-hybridized carbons (Fsp3) is 0.364. The topological polar surface area (TPSA) is 71.1 Å². The second kappa shape index (κ2) is 4.52. The third kappa shape index (κ3) is 1.73. The Morgan fingerprint density at radius 1 is 1.44 bits per heavy atom. The van der Waals surface area contributed by atoms with Crippen molar-refractivity contribution in [2.24, 2.45) is 14.1 Å². The van der Waals surface area contributed by atoms with Crippen molar-refractivity contribution >= 4 is 11.2 Å². The standard InChI is InChI=1S/C11H14N4O3/c1-4-18-6-5-15-10(16)8-9(12-7-13(8)2)14(3)11(15)17/h4,7H,1,5-6H2,2-3H3. The van der Waals surface area contributed by atoms with Crippen LogP contribution in [-0.4, -0.2) is 25.3 Å². The molecule has 0 N–H and O–H groups in total. The van der Waals surface area contributed by atoms with Crippen molar-refractivity contribution in [2.75, 3.05) is 6.61 Å². The molecule has 2 rings (SSSR count). The summed E-state index contributed by atoms with van der Waals surface area (Å²) in [6, 6.07) is 0. The van der Waals surface area contributed by atoms with Gasteiger partial charge in [-0.25, -0.2) is 9.78 Å². The number of ether oxygens (including phenoxy) is 1. The van der Waals surface area contributed by atoms with Gasteiger partial charge in [0.1, 0.15) is 6.61 Å². The van der Waals surface area contributed by atoms with Gasteiger partial charge in [-0.1, -0.05) is 6.58 Å². The van der Waals surface area contributed by atoms with Gasteiger partial charge in [-0.3, -0.25) is 13.9 Å². The predicted molar refractivity (Wildman–Crippen MR) is 66.4 cm³/mol. The molecule has 0 aliphatic heterocycles. The zero-order chi connectivity index (χ0) is 13.3. The fourth-order valence-corrected chi connectivity index (χ4v) is 1.82. The van der Waals surface area contributed by atoms with E-state index in [1.807, 2.05) is 0 Å². The number of hydrogen-bond acceptors (Lipinski definition) is 4. The first-order valence-corrected chi connectivity index (χ1v) is 5.41. The Kier molecular flexibility index (Phi) is 3.05. The molecule has 0 aliphatic rings. The van der Waals surface area contributed by atoms with Gasteiger partial charge in [-0.15, -0.1) is 0 Å². The van der Waals surface area contributed by atoms with E-state index in [1.54, 1.807) is 18.7 Å². The summed E-state index contributed by atoms with van der Waals surface area (Å²) in [6.45, 7) is 3.81. The largest absolute Gasteiger partial charge is 0.500 e. The normalized spacial score (nSPS) is 10.8. The molecular formula is C11H14N4O3. The fourth-order valence-electron chi connectivity index (χ4n) is 1.82. The first-order valence-electron chi connectivity index (χ1n) is 5.41.